The maximum Gasteiger partial charge on any atom is 0.341 e. The summed E-state index contributed by atoms with van der Waals surface area (Å²) in [7, 11) is 0. The Hall–Kier alpha value is -1.82. The van der Waals surface area contributed by atoms with Crippen molar-refractivity contribution in [2.24, 2.45) is 0 Å². The molecule has 1 fully saturated rings. The smallest absolute Gasteiger partial charge is 0.341 e. The molecule has 1 saturated heterocycles. The number of aromatic carboxylic acids is 1. The third-order valence-corrected chi connectivity index (χ3v) is 2.55. The van der Waals surface area contributed by atoms with E-state index in [-0.39, 0.29) is 17.5 Å². The number of rotatable bonds is 3. The van der Waals surface area contributed by atoms with Crippen LogP contribution in [0.4, 0.5) is 5.69 Å². The third kappa shape index (κ3) is 2.85. The van der Waals surface area contributed by atoms with E-state index in [0.29, 0.717) is 18.9 Å². The van der Waals surface area contributed by atoms with Crippen LogP contribution in [0.25, 0.3) is 0 Å². The summed E-state index contributed by atoms with van der Waals surface area (Å²) >= 11 is 0. The van der Waals surface area contributed by atoms with Crippen molar-refractivity contribution in [2.75, 3.05) is 18.9 Å². The second-order valence-electron chi connectivity index (χ2n) is 3.86. The fourth-order valence-electron chi connectivity index (χ4n) is 1.67. The summed E-state index contributed by atoms with van der Waals surface area (Å²) in [4.78, 5) is 14.9. The molecular weight excluding hydrogens is 224 g/mol. The summed E-state index contributed by atoms with van der Waals surface area (Å²) in [6.45, 7) is 1.25. The number of carboxylic acid groups (broad SMARTS) is 1. The molecule has 1 aliphatic heterocycles. The first kappa shape index (κ1) is 11.7. The first-order chi connectivity index (χ1) is 8.16. The number of anilines is 1. The lowest BCUT2D eigenvalue weighted by Gasteiger charge is -2.23. The highest BCUT2D eigenvalue weighted by molar-refractivity contribution is 5.91. The number of aromatic nitrogens is 1. The van der Waals surface area contributed by atoms with Gasteiger partial charge in [-0.3, -0.25) is 0 Å². The molecule has 92 valence electrons. The molecule has 2 heterocycles. The van der Waals surface area contributed by atoms with Gasteiger partial charge in [-0.05, 0) is 6.07 Å². The summed E-state index contributed by atoms with van der Waals surface area (Å²) in [5, 5.41) is 9.02. The van der Waals surface area contributed by atoms with Crippen LogP contribution in [0.15, 0.2) is 12.3 Å². The second-order valence-corrected chi connectivity index (χ2v) is 3.86. The van der Waals surface area contributed by atoms with Gasteiger partial charge in [-0.1, -0.05) is 0 Å². The zero-order valence-corrected chi connectivity index (χ0v) is 9.26. The number of nitrogens with zero attached hydrogens (tertiary/aromatic N) is 1. The average Bonchev–Trinajstić information content (AvgIpc) is 2.32. The first-order valence-electron chi connectivity index (χ1n) is 5.40. The average molecular weight is 238 g/mol. The van der Waals surface area contributed by atoms with Gasteiger partial charge in [-0.25, -0.2) is 9.78 Å². The van der Waals surface area contributed by atoms with Gasteiger partial charge in [0.25, 0.3) is 0 Å². The Morgan fingerprint density at radius 1 is 1.53 bits per heavy atom. The van der Waals surface area contributed by atoms with Crippen LogP contribution >= 0.6 is 0 Å². The number of hydrogen-bond acceptors (Lipinski definition) is 5. The molecule has 0 unspecified atom stereocenters. The van der Waals surface area contributed by atoms with E-state index in [9.17, 15) is 4.79 Å². The minimum absolute atomic E-state index is 0.00325. The lowest BCUT2D eigenvalue weighted by molar-refractivity contribution is 0.0230. The molecule has 1 aliphatic rings. The van der Waals surface area contributed by atoms with E-state index in [4.69, 9.17) is 20.3 Å². The van der Waals surface area contributed by atoms with Crippen molar-refractivity contribution in [3.8, 4) is 5.88 Å². The van der Waals surface area contributed by atoms with Crippen LogP contribution in [0.1, 0.15) is 23.2 Å². The standard InChI is InChI=1S/C11H14N2O4/c12-7-5-9(11(14)15)10(13-6-7)17-8-1-3-16-4-2-8/h5-6,8H,1-4,12H2,(H,14,15). The van der Waals surface area contributed by atoms with Gasteiger partial charge in [-0.2, -0.15) is 0 Å². The van der Waals surface area contributed by atoms with Crippen LogP contribution in [0.2, 0.25) is 0 Å². The van der Waals surface area contributed by atoms with Crippen LogP contribution in [-0.4, -0.2) is 35.4 Å². The predicted molar refractivity (Wildman–Crippen MR) is 60.1 cm³/mol. The van der Waals surface area contributed by atoms with Gasteiger partial charge in [0.05, 0.1) is 25.1 Å². The summed E-state index contributed by atoms with van der Waals surface area (Å²) in [5.41, 5.74) is 5.80. The first-order valence-corrected chi connectivity index (χ1v) is 5.40. The number of nitrogens with two attached hydrogens (primary N) is 1. The van der Waals surface area contributed by atoms with Gasteiger partial charge in [0.1, 0.15) is 11.7 Å². The van der Waals surface area contributed by atoms with Crippen molar-refractivity contribution in [1.29, 1.82) is 0 Å². The fourth-order valence-corrected chi connectivity index (χ4v) is 1.67. The Labute approximate surface area is 98.4 Å². The quantitative estimate of drug-likeness (QED) is 0.813. The van der Waals surface area contributed by atoms with Crippen molar-refractivity contribution in [2.45, 2.75) is 18.9 Å². The zero-order chi connectivity index (χ0) is 12.3. The lowest BCUT2D eigenvalue weighted by atomic mass is 10.1. The van der Waals surface area contributed by atoms with Crippen molar-refractivity contribution < 1.29 is 19.4 Å². The molecule has 0 radical (unpaired) electrons. The molecule has 0 saturated carbocycles. The molecule has 17 heavy (non-hydrogen) atoms. The number of carboxylic acids is 1. The van der Waals surface area contributed by atoms with Gasteiger partial charge in [0, 0.05) is 12.8 Å². The van der Waals surface area contributed by atoms with Crippen molar-refractivity contribution in [3.05, 3.63) is 17.8 Å². The van der Waals surface area contributed by atoms with Gasteiger partial charge >= 0.3 is 5.97 Å². The Morgan fingerprint density at radius 3 is 2.88 bits per heavy atom. The maximum absolute atomic E-state index is 11.0. The van der Waals surface area contributed by atoms with E-state index in [1.807, 2.05) is 0 Å². The Kier molecular flexibility index (Phi) is 3.43. The van der Waals surface area contributed by atoms with E-state index in [1.165, 1.54) is 12.3 Å². The van der Waals surface area contributed by atoms with Crippen LogP contribution in [0, 0.1) is 0 Å². The number of ether oxygens (including phenoxy) is 2. The predicted octanol–water partition coefficient (Wildman–Crippen LogP) is 0.920. The summed E-state index contributed by atoms with van der Waals surface area (Å²) in [5.74, 6) is -0.967. The van der Waals surface area contributed by atoms with Crippen LogP contribution in [-0.2, 0) is 4.74 Å². The minimum atomic E-state index is -1.09. The molecule has 1 aromatic heterocycles. The maximum atomic E-state index is 11.0. The van der Waals surface area contributed by atoms with E-state index in [2.05, 4.69) is 4.98 Å². The fraction of sp³-hybridized carbons (Fsp3) is 0.455. The lowest BCUT2D eigenvalue weighted by Crippen LogP contribution is -2.27. The van der Waals surface area contributed by atoms with Gasteiger partial charge in [0.2, 0.25) is 5.88 Å². The van der Waals surface area contributed by atoms with E-state index >= 15 is 0 Å². The van der Waals surface area contributed by atoms with E-state index in [1.54, 1.807) is 0 Å². The SMILES string of the molecule is Nc1cnc(OC2CCOCC2)c(C(=O)O)c1. The monoisotopic (exact) mass is 238 g/mol. The summed E-state index contributed by atoms with van der Waals surface area (Å²) in [6.07, 6.45) is 2.83. The van der Waals surface area contributed by atoms with Gasteiger partial charge < -0.3 is 20.3 Å². The Morgan fingerprint density at radius 2 is 2.24 bits per heavy atom. The molecule has 2 rings (SSSR count). The highest BCUT2D eigenvalue weighted by Crippen LogP contribution is 2.21. The molecule has 0 aliphatic carbocycles. The minimum Gasteiger partial charge on any atom is -0.477 e. The summed E-state index contributed by atoms with van der Waals surface area (Å²) in [6, 6.07) is 1.35. The highest BCUT2D eigenvalue weighted by Gasteiger charge is 2.20. The molecule has 0 bridgehead atoms. The molecule has 6 heteroatoms. The molecule has 0 atom stereocenters. The number of nitrogen functional groups attached to an aromatic ring is 1. The summed E-state index contributed by atoms with van der Waals surface area (Å²) < 4.78 is 10.8. The molecule has 6 nitrogen and oxygen atoms in total. The van der Waals surface area contributed by atoms with E-state index < -0.39 is 5.97 Å². The topological polar surface area (TPSA) is 94.7 Å². The normalized spacial score (nSPS) is 16.7. The number of carbonyl (C=O) groups is 1. The molecular formula is C11H14N2O4. The second kappa shape index (κ2) is 5.01. The van der Waals surface area contributed by atoms with Gasteiger partial charge in [-0.15, -0.1) is 0 Å². The van der Waals surface area contributed by atoms with Crippen molar-refractivity contribution >= 4 is 11.7 Å². The molecule has 0 amide bonds. The molecule has 1 aromatic rings. The van der Waals surface area contributed by atoms with Crippen LogP contribution < -0.4 is 10.5 Å². The Balaban J connectivity index is 2.16. The van der Waals surface area contributed by atoms with Gasteiger partial charge in [0.15, 0.2) is 0 Å². The molecule has 0 aromatic carbocycles. The Bertz CT molecular complexity index is 416. The van der Waals surface area contributed by atoms with Crippen LogP contribution in [0.5, 0.6) is 5.88 Å². The number of hydrogen-bond donors (Lipinski definition) is 2. The highest BCUT2D eigenvalue weighted by atomic mass is 16.5. The van der Waals surface area contributed by atoms with E-state index in [0.717, 1.165) is 12.8 Å². The van der Waals surface area contributed by atoms with Crippen molar-refractivity contribution in [1.82, 2.24) is 4.98 Å². The number of pyridine rings is 1. The van der Waals surface area contributed by atoms with Crippen LogP contribution in [0.3, 0.4) is 0 Å². The van der Waals surface area contributed by atoms with Crippen molar-refractivity contribution in [3.63, 3.8) is 0 Å². The molecule has 0 spiro atoms. The zero-order valence-electron chi connectivity index (χ0n) is 9.26. The largest absolute Gasteiger partial charge is 0.477 e. The molecule has 3 N–H and O–H groups in total. The third-order valence-electron chi connectivity index (χ3n) is 2.55.